The number of aryl methyl sites for hydroxylation is 1. The number of nitrogens with one attached hydrogen (secondary N) is 1. The zero-order valence-corrected chi connectivity index (χ0v) is 13.4. The number of hydrogen-bond donors (Lipinski definition) is 1. The van der Waals surface area contributed by atoms with Gasteiger partial charge in [0.25, 0.3) is 0 Å². The second-order valence-corrected chi connectivity index (χ2v) is 6.49. The van der Waals surface area contributed by atoms with Crippen LogP contribution in [0.15, 0.2) is 36.5 Å². The lowest BCUT2D eigenvalue weighted by atomic mass is 9.85. The zero-order valence-electron chi connectivity index (χ0n) is 13.4. The van der Waals surface area contributed by atoms with Crippen LogP contribution in [0.25, 0.3) is 10.9 Å². The molecular formula is C18H21F3N2O. The third kappa shape index (κ3) is 3.91. The molecule has 130 valence electrons. The van der Waals surface area contributed by atoms with Crippen molar-refractivity contribution in [3.05, 3.63) is 36.5 Å². The average Bonchev–Trinajstić information content (AvgIpc) is 2.96. The molecule has 1 N–H and O–H groups in total. The summed E-state index contributed by atoms with van der Waals surface area (Å²) in [4.78, 5) is 12.1. The summed E-state index contributed by atoms with van der Waals surface area (Å²) >= 11 is 0. The molecule has 3 nitrogen and oxygen atoms in total. The average molecular weight is 338 g/mol. The highest BCUT2D eigenvalue weighted by molar-refractivity contribution is 5.80. The fraction of sp³-hybridized carbons (Fsp3) is 0.500. The molecule has 1 aromatic heterocycles. The molecule has 0 radical (unpaired) electrons. The lowest BCUT2D eigenvalue weighted by Gasteiger charge is -2.31. The molecule has 0 unspecified atom stereocenters. The Morgan fingerprint density at radius 1 is 1.21 bits per heavy atom. The zero-order chi connectivity index (χ0) is 17.2. The molecule has 24 heavy (non-hydrogen) atoms. The number of benzene rings is 1. The van der Waals surface area contributed by atoms with Crippen molar-refractivity contribution in [1.82, 2.24) is 9.88 Å². The van der Waals surface area contributed by atoms with Crippen LogP contribution in [0.3, 0.4) is 0 Å². The van der Waals surface area contributed by atoms with E-state index >= 15 is 0 Å². The van der Waals surface area contributed by atoms with Crippen molar-refractivity contribution in [2.45, 2.75) is 50.9 Å². The first-order valence-electron chi connectivity index (χ1n) is 8.33. The molecule has 1 aromatic carbocycles. The normalized spacial score (nSPS) is 21.8. The molecule has 2 aromatic rings. The second-order valence-electron chi connectivity index (χ2n) is 6.49. The Bertz CT molecular complexity index is 708. The van der Waals surface area contributed by atoms with Gasteiger partial charge in [0.1, 0.15) is 0 Å². The Morgan fingerprint density at radius 2 is 2.00 bits per heavy atom. The molecule has 3 rings (SSSR count). The summed E-state index contributed by atoms with van der Waals surface area (Å²) in [5.41, 5.74) is 1.06. The van der Waals surface area contributed by atoms with Crippen molar-refractivity contribution in [1.29, 1.82) is 0 Å². The molecule has 1 fully saturated rings. The number of carbonyl (C=O) groups excluding carboxylic acids is 1. The predicted octanol–water partition coefficient (Wildman–Crippen LogP) is 4.27. The minimum Gasteiger partial charge on any atom is -0.353 e. The van der Waals surface area contributed by atoms with E-state index < -0.39 is 12.1 Å². The number of carbonyl (C=O) groups is 1. The number of rotatable bonds is 4. The van der Waals surface area contributed by atoms with Crippen molar-refractivity contribution in [3.63, 3.8) is 0 Å². The molecule has 6 heteroatoms. The Morgan fingerprint density at radius 3 is 2.79 bits per heavy atom. The maximum atomic E-state index is 12.8. The van der Waals surface area contributed by atoms with Gasteiger partial charge in [-0.3, -0.25) is 4.79 Å². The van der Waals surface area contributed by atoms with Gasteiger partial charge in [-0.2, -0.15) is 13.2 Å². The monoisotopic (exact) mass is 338 g/mol. The van der Waals surface area contributed by atoms with Gasteiger partial charge in [-0.25, -0.2) is 0 Å². The first-order chi connectivity index (χ1) is 11.4. The van der Waals surface area contributed by atoms with Crippen molar-refractivity contribution < 1.29 is 18.0 Å². The molecule has 1 amide bonds. The number of hydrogen-bond acceptors (Lipinski definition) is 1. The number of amides is 1. The van der Waals surface area contributed by atoms with Crippen molar-refractivity contribution in [2.24, 2.45) is 5.92 Å². The Hall–Kier alpha value is -1.98. The Kier molecular flexibility index (Phi) is 4.83. The molecule has 1 heterocycles. The molecule has 1 aliphatic rings. The van der Waals surface area contributed by atoms with Crippen LogP contribution in [0.2, 0.25) is 0 Å². The van der Waals surface area contributed by atoms with Crippen LogP contribution >= 0.6 is 0 Å². The minimum absolute atomic E-state index is 0.00168. The fourth-order valence-electron chi connectivity index (χ4n) is 3.48. The third-order valence-electron chi connectivity index (χ3n) is 4.76. The van der Waals surface area contributed by atoms with E-state index in [1.165, 1.54) is 0 Å². The molecular weight excluding hydrogens is 317 g/mol. The molecule has 0 saturated heterocycles. The van der Waals surface area contributed by atoms with E-state index in [1.54, 1.807) is 0 Å². The third-order valence-corrected chi connectivity index (χ3v) is 4.76. The first kappa shape index (κ1) is 16.9. The van der Waals surface area contributed by atoms with Gasteiger partial charge in [-0.1, -0.05) is 24.6 Å². The highest BCUT2D eigenvalue weighted by Gasteiger charge is 2.42. The van der Waals surface area contributed by atoms with Gasteiger partial charge in [-0.15, -0.1) is 0 Å². The van der Waals surface area contributed by atoms with Gasteiger partial charge < -0.3 is 9.88 Å². The van der Waals surface area contributed by atoms with Gasteiger partial charge in [0.2, 0.25) is 5.91 Å². The summed E-state index contributed by atoms with van der Waals surface area (Å²) in [6.45, 7) is 0.523. The quantitative estimate of drug-likeness (QED) is 0.887. The van der Waals surface area contributed by atoms with E-state index in [4.69, 9.17) is 0 Å². The summed E-state index contributed by atoms with van der Waals surface area (Å²) in [6, 6.07) is 9.52. The van der Waals surface area contributed by atoms with Crippen molar-refractivity contribution >= 4 is 16.8 Å². The first-order valence-corrected chi connectivity index (χ1v) is 8.33. The fourth-order valence-corrected chi connectivity index (χ4v) is 3.48. The summed E-state index contributed by atoms with van der Waals surface area (Å²) in [5, 5.41) is 3.89. The molecule has 0 aliphatic heterocycles. The molecule has 2 atom stereocenters. The lowest BCUT2D eigenvalue weighted by molar-refractivity contribution is -0.184. The predicted molar refractivity (Wildman–Crippen MR) is 86.5 cm³/mol. The van der Waals surface area contributed by atoms with Crippen LogP contribution in [0.1, 0.15) is 32.1 Å². The smallest absolute Gasteiger partial charge is 0.353 e. The van der Waals surface area contributed by atoms with E-state index in [9.17, 15) is 18.0 Å². The molecule has 1 aliphatic carbocycles. The van der Waals surface area contributed by atoms with Crippen molar-refractivity contribution in [3.8, 4) is 0 Å². The number of aromatic nitrogens is 1. The Balaban J connectivity index is 1.52. The van der Waals surface area contributed by atoms with E-state index in [1.807, 2.05) is 41.1 Å². The number of alkyl halides is 3. The topological polar surface area (TPSA) is 34.0 Å². The number of fused-ring (bicyclic) bond motifs is 1. The van der Waals surface area contributed by atoms with Crippen LogP contribution in [-0.4, -0.2) is 22.7 Å². The van der Waals surface area contributed by atoms with E-state index in [-0.39, 0.29) is 31.2 Å². The minimum atomic E-state index is -4.16. The standard InChI is InChI=1S/C18H21F3N2O/c19-18(20,21)14-5-3-6-15(12-14)22-17(24)9-11-23-10-8-13-4-1-2-7-16(13)23/h1-2,4,7-8,10,14-15H,3,5-6,9,11-12H2,(H,22,24)/t14-,15-/m0/s1. The van der Waals surface area contributed by atoms with Gasteiger partial charge in [0, 0.05) is 30.7 Å². The highest BCUT2D eigenvalue weighted by Crippen LogP contribution is 2.37. The van der Waals surface area contributed by atoms with Gasteiger partial charge in [-0.05, 0) is 36.8 Å². The summed E-state index contributed by atoms with van der Waals surface area (Å²) in [6.07, 6.45) is -0.646. The maximum absolute atomic E-state index is 12.8. The second kappa shape index (κ2) is 6.87. The van der Waals surface area contributed by atoms with E-state index in [0.717, 1.165) is 10.9 Å². The van der Waals surface area contributed by atoms with Crippen LogP contribution in [-0.2, 0) is 11.3 Å². The van der Waals surface area contributed by atoms with Crippen LogP contribution < -0.4 is 5.32 Å². The van der Waals surface area contributed by atoms with Gasteiger partial charge in [0.05, 0.1) is 5.92 Å². The van der Waals surface area contributed by atoms with Gasteiger partial charge in [0.15, 0.2) is 0 Å². The summed E-state index contributed by atoms with van der Waals surface area (Å²) < 4.78 is 40.4. The number of nitrogens with zero attached hydrogens (tertiary/aromatic N) is 1. The van der Waals surface area contributed by atoms with Crippen LogP contribution in [0, 0.1) is 5.92 Å². The van der Waals surface area contributed by atoms with E-state index in [2.05, 4.69) is 5.32 Å². The largest absolute Gasteiger partial charge is 0.391 e. The van der Waals surface area contributed by atoms with Crippen LogP contribution in [0.4, 0.5) is 13.2 Å². The Labute approximate surface area is 138 Å². The van der Waals surface area contributed by atoms with Crippen molar-refractivity contribution in [2.75, 3.05) is 0 Å². The van der Waals surface area contributed by atoms with Crippen LogP contribution in [0.5, 0.6) is 0 Å². The lowest BCUT2D eigenvalue weighted by Crippen LogP contribution is -2.41. The highest BCUT2D eigenvalue weighted by atomic mass is 19.4. The molecule has 0 spiro atoms. The number of halogens is 3. The van der Waals surface area contributed by atoms with Gasteiger partial charge >= 0.3 is 6.18 Å². The summed E-state index contributed by atoms with van der Waals surface area (Å²) in [7, 11) is 0. The molecule has 0 bridgehead atoms. The maximum Gasteiger partial charge on any atom is 0.391 e. The molecule has 1 saturated carbocycles. The summed E-state index contributed by atoms with van der Waals surface area (Å²) in [5.74, 6) is -1.47. The SMILES string of the molecule is O=C(CCn1ccc2ccccc21)N[C@H]1CCC[C@H](C(F)(F)F)C1. The van der Waals surface area contributed by atoms with E-state index in [0.29, 0.717) is 19.4 Å². The number of para-hydroxylation sites is 1.